The van der Waals surface area contributed by atoms with Gasteiger partial charge < -0.3 is 14.2 Å². The normalized spacial score (nSPS) is 12.7. The molecule has 0 atom stereocenters. The number of esters is 1. The molecule has 0 radical (unpaired) electrons. The SMILES string of the molecule is O=C(/C=C/c1cnn(Cc2ccccc2)c1)OCC(=O)c1ccc2c(c1)OCCO2. The Morgan fingerprint density at radius 2 is 1.87 bits per heavy atom. The second kappa shape index (κ2) is 9.09. The third kappa shape index (κ3) is 4.94. The van der Waals surface area contributed by atoms with E-state index in [1.165, 1.54) is 6.08 Å². The number of aromatic nitrogens is 2. The standard InChI is InChI=1S/C23H20N2O5/c26-20(19-7-8-21-22(12-19)29-11-10-28-21)16-30-23(27)9-6-18-13-24-25(15-18)14-17-4-2-1-3-5-17/h1-9,12-13,15H,10-11,14,16H2/b9-6+. The third-order valence-corrected chi connectivity index (χ3v) is 4.46. The van der Waals surface area contributed by atoms with Crippen LogP contribution in [0.1, 0.15) is 21.5 Å². The van der Waals surface area contributed by atoms with E-state index in [9.17, 15) is 9.59 Å². The summed E-state index contributed by atoms with van der Waals surface area (Å²) in [6.07, 6.45) is 6.37. The Bertz CT molecular complexity index is 1070. The molecule has 30 heavy (non-hydrogen) atoms. The van der Waals surface area contributed by atoms with Gasteiger partial charge in [-0.1, -0.05) is 30.3 Å². The van der Waals surface area contributed by atoms with Crippen LogP contribution in [0.15, 0.2) is 67.0 Å². The molecule has 3 aromatic rings. The van der Waals surface area contributed by atoms with E-state index in [0.29, 0.717) is 36.8 Å². The molecule has 0 fully saturated rings. The van der Waals surface area contributed by atoms with Crippen molar-refractivity contribution >= 4 is 17.8 Å². The van der Waals surface area contributed by atoms with Gasteiger partial charge in [0.15, 0.2) is 23.9 Å². The van der Waals surface area contributed by atoms with Crippen LogP contribution in [0.25, 0.3) is 6.08 Å². The van der Waals surface area contributed by atoms with Gasteiger partial charge >= 0.3 is 5.97 Å². The number of hydrogen-bond donors (Lipinski definition) is 0. The number of fused-ring (bicyclic) bond motifs is 1. The Balaban J connectivity index is 1.28. The average Bonchev–Trinajstić information content (AvgIpc) is 3.23. The van der Waals surface area contributed by atoms with Crippen molar-refractivity contribution < 1.29 is 23.8 Å². The highest BCUT2D eigenvalue weighted by atomic mass is 16.6. The van der Waals surface area contributed by atoms with Crippen LogP contribution in [0, 0.1) is 0 Å². The molecule has 7 nitrogen and oxygen atoms in total. The number of carbonyl (C=O) groups excluding carboxylic acids is 2. The lowest BCUT2D eigenvalue weighted by Crippen LogP contribution is -2.17. The average molecular weight is 404 g/mol. The number of Topliss-reactive ketones (excluding diaryl/α,β-unsaturated/α-hetero) is 1. The molecule has 0 saturated carbocycles. The summed E-state index contributed by atoms with van der Waals surface area (Å²) >= 11 is 0. The Morgan fingerprint density at radius 1 is 1.07 bits per heavy atom. The largest absolute Gasteiger partial charge is 0.486 e. The molecule has 0 aliphatic carbocycles. The summed E-state index contributed by atoms with van der Waals surface area (Å²) in [6.45, 7) is 1.21. The first-order chi connectivity index (χ1) is 14.7. The lowest BCUT2D eigenvalue weighted by Gasteiger charge is -2.18. The van der Waals surface area contributed by atoms with Gasteiger partial charge in [-0.25, -0.2) is 4.79 Å². The molecule has 2 heterocycles. The monoisotopic (exact) mass is 404 g/mol. The van der Waals surface area contributed by atoms with Crippen molar-refractivity contribution in [1.29, 1.82) is 0 Å². The van der Waals surface area contributed by atoms with E-state index in [-0.39, 0.29) is 12.4 Å². The molecule has 0 saturated heterocycles. The highest BCUT2D eigenvalue weighted by molar-refractivity contribution is 5.99. The molecule has 0 N–H and O–H groups in total. The summed E-state index contributed by atoms with van der Waals surface area (Å²) in [6, 6.07) is 14.9. The predicted molar refractivity (Wildman–Crippen MR) is 110 cm³/mol. The molecule has 4 rings (SSSR count). The van der Waals surface area contributed by atoms with Gasteiger partial charge in [-0.3, -0.25) is 9.48 Å². The van der Waals surface area contributed by atoms with Crippen LogP contribution in [-0.4, -0.2) is 41.4 Å². The van der Waals surface area contributed by atoms with Crippen LogP contribution in [0.2, 0.25) is 0 Å². The minimum Gasteiger partial charge on any atom is -0.486 e. The maximum Gasteiger partial charge on any atom is 0.331 e. The van der Waals surface area contributed by atoms with Crippen molar-refractivity contribution in [2.75, 3.05) is 19.8 Å². The number of carbonyl (C=O) groups is 2. The molecule has 1 aromatic heterocycles. The van der Waals surface area contributed by atoms with E-state index in [1.54, 1.807) is 35.2 Å². The predicted octanol–water partition coefficient (Wildman–Crippen LogP) is 3.14. The van der Waals surface area contributed by atoms with Gasteiger partial charge in [0.05, 0.1) is 12.7 Å². The first-order valence-electron chi connectivity index (χ1n) is 9.51. The topological polar surface area (TPSA) is 79.7 Å². The summed E-state index contributed by atoms with van der Waals surface area (Å²) < 4.78 is 17.7. The fraction of sp³-hybridized carbons (Fsp3) is 0.174. The quantitative estimate of drug-likeness (QED) is 0.342. The Labute approximate surface area is 173 Å². The minimum atomic E-state index is -0.600. The van der Waals surface area contributed by atoms with Gasteiger partial charge in [0.1, 0.15) is 13.2 Å². The highest BCUT2D eigenvalue weighted by Crippen LogP contribution is 2.30. The zero-order valence-electron chi connectivity index (χ0n) is 16.2. The number of ketones is 1. The maximum absolute atomic E-state index is 12.3. The molecule has 0 unspecified atom stereocenters. The molecule has 1 aliphatic rings. The second-order valence-electron chi connectivity index (χ2n) is 6.68. The molecular weight excluding hydrogens is 384 g/mol. The van der Waals surface area contributed by atoms with Crippen LogP contribution in [0.4, 0.5) is 0 Å². The summed E-state index contributed by atoms with van der Waals surface area (Å²) in [5.74, 6) is 0.206. The van der Waals surface area contributed by atoms with Crippen LogP contribution < -0.4 is 9.47 Å². The molecule has 0 bridgehead atoms. The van der Waals surface area contributed by atoms with Crippen molar-refractivity contribution in [1.82, 2.24) is 9.78 Å². The van der Waals surface area contributed by atoms with Crippen LogP contribution >= 0.6 is 0 Å². The Hall–Kier alpha value is -3.87. The molecule has 7 heteroatoms. The fourth-order valence-corrected chi connectivity index (χ4v) is 2.97. The van der Waals surface area contributed by atoms with E-state index in [2.05, 4.69) is 5.10 Å². The van der Waals surface area contributed by atoms with E-state index in [1.807, 2.05) is 36.5 Å². The van der Waals surface area contributed by atoms with Gasteiger partial charge in [0.2, 0.25) is 0 Å². The molecule has 0 amide bonds. The van der Waals surface area contributed by atoms with Gasteiger partial charge in [0.25, 0.3) is 0 Å². The molecule has 2 aromatic carbocycles. The molecular formula is C23H20N2O5. The number of nitrogens with zero attached hydrogens (tertiary/aromatic N) is 2. The summed E-state index contributed by atoms with van der Waals surface area (Å²) in [5, 5.41) is 4.28. The van der Waals surface area contributed by atoms with Gasteiger partial charge in [0, 0.05) is 23.4 Å². The molecule has 152 valence electrons. The smallest absolute Gasteiger partial charge is 0.331 e. The minimum absolute atomic E-state index is 0.315. The lowest BCUT2D eigenvalue weighted by molar-refractivity contribution is -0.136. The lowest BCUT2D eigenvalue weighted by atomic mass is 10.1. The summed E-state index contributed by atoms with van der Waals surface area (Å²) in [4.78, 5) is 24.2. The molecule has 1 aliphatic heterocycles. The van der Waals surface area contributed by atoms with E-state index in [0.717, 1.165) is 11.1 Å². The van der Waals surface area contributed by atoms with E-state index >= 15 is 0 Å². The van der Waals surface area contributed by atoms with E-state index < -0.39 is 5.97 Å². The van der Waals surface area contributed by atoms with E-state index in [4.69, 9.17) is 14.2 Å². The van der Waals surface area contributed by atoms with Crippen molar-refractivity contribution in [2.45, 2.75) is 6.54 Å². The maximum atomic E-state index is 12.3. The van der Waals surface area contributed by atoms with Crippen LogP contribution in [-0.2, 0) is 16.1 Å². The zero-order chi connectivity index (χ0) is 20.8. The summed E-state index contributed by atoms with van der Waals surface area (Å²) in [5.41, 5.74) is 2.30. The van der Waals surface area contributed by atoms with Gasteiger partial charge in [-0.15, -0.1) is 0 Å². The number of rotatable bonds is 7. The fourth-order valence-electron chi connectivity index (χ4n) is 2.97. The first-order valence-corrected chi connectivity index (χ1v) is 9.51. The van der Waals surface area contributed by atoms with Crippen molar-refractivity contribution in [2.24, 2.45) is 0 Å². The van der Waals surface area contributed by atoms with Crippen molar-refractivity contribution in [3.63, 3.8) is 0 Å². The van der Waals surface area contributed by atoms with Gasteiger partial charge in [-0.2, -0.15) is 5.10 Å². The van der Waals surface area contributed by atoms with Crippen LogP contribution in [0.3, 0.4) is 0 Å². The van der Waals surface area contributed by atoms with Crippen LogP contribution in [0.5, 0.6) is 11.5 Å². The zero-order valence-corrected chi connectivity index (χ0v) is 16.2. The van der Waals surface area contributed by atoms with Gasteiger partial charge in [-0.05, 0) is 29.8 Å². The number of hydrogen-bond acceptors (Lipinski definition) is 6. The number of ether oxygens (including phenoxy) is 3. The highest BCUT2D eigenvalue weighted by Gasteiger charge is 2.15. The first kappa shape index (κ1) is 19.4. The number of benzene rings is 2. The Morgan fingerprint density at radius 3 is 2.70 bits per heavy atom. The van der Waals surface area contributed by atoms with Crippen molar-refractivity contribution in [3.05, 3.63) is 83.7 Å². The summed E-state index contributed by atoms with van der Waals surface area (Å²) in [7, 11) is 0. The Kier molecular flexibility index (Phi) is 5.89. The molecule has 0 spiro atoms. The van der Waals surface area contributed by atoms with Crippen molar-refractivity contribution in [3.8, 4) is 11.5 Å². The second-order valence-corrected chi connectivity index (χ2v) is 6.68. The third-order valence-electron chi connectivity index (χ3n) is 4.46.